The monoisotopic (exact) mass is 438 g/mol. The van der Waals surface area contributed by atoms with E-state index < -0.39 is 24.4 Å². The van der Waals surface area contributed by atoms with Crippen LogP contribution in [0.25, 0.3) is 21.9 Å². The van der Waals surface area contributed by atoms with E-state index in [0.717, 1.165) is 22.8 Å². The summed E-state index contributed by atoms with van der Waals surface area (Å²) in [6.45, 7) is 2.37. The fourth-order valence-corrected chi connectivity index (χ4v) is 4.08. The number of likely N-dealkylation sites (tertiary alicyclic amines) is 1. The number of furan rings is 1. The van der Waals surface area contributed by atoms with Gasteiger partial charge >= 0.3 is 5.97 Å². The maximum absolute atomic E-state index is 12.5. The van der Waals surface area contributed by atoms with Crippen LogP contribution < -0.4 is 10.1 Å². The van der Waals surface area contributed by atoms with Crippen LogP contribution >= 0.6 is 0 Å². The number of carbonyl (C=O) groups is 3. The van der Waals surface area contributed by atoms with E-state index in [0.29, 0.717) is 43.0 Å². The minimum absolute atomic E-state index is 0.0216. The Bertz CT molecular complexity index is 1170. The Morgan fingerprint density at radius 2 is 1.97 bits per heavy atom. The zero-order valence-electron chi connectivity index (χ0n) is 18.2. The summed E-state index contributed by atoms with van der Waals surface area (Å²) in [6, 6.07) is 11.2. The molecule has 8 heteroatoms. The molecular formula is C24H26N2O6. The van der Waals surface area contributed by atoms with Crippen molar-refractivity contribution in [2.24, 2.45) is 5.92 Å². The van der Waals surface area contributed by atoms with Crippen LogP contribution in [0.15, 0.2) is 40.8 Å². The molecule has 32 heavy (non-hydrogen) atoms. The number of nitrogens with zero attached hydrogens (tertiary/aromatic N) is 1. The van der Waals surface area contributed by atoms with Crippen molar-refractivity contribution in [2.45, 2.75) is 26.2 Å². The summed E-state index contributed by atoms with van der Waals surface area (Å²) in [5.74, 6) is -0.857. The number of nitrogens with one attached hydrogen (secondary N) is 1. The molecular weight excluding hydrogens is 412 g/mol. The van der Waals surface area contributed by atoms with Gasteiger partial charge in [0.2, 0.25) is 5.91 Å². The normalized spacial score (nSPS) is 16.2. The number of amides is 2. The molecule has 1 aliphatic heterocycles. The van der Waals surface area contributed by atoms with Gasteiger partial charge in [0.05, 0.1) is 18.7 Å². The van der Waals surface area contributed by atoms with Crippen LogP contribution in [0.2, 0.25) is 0 Å². The van der Waals surface area contributed by atoms with Gasteiger partial charge < -0.3 is 24.1 Å². The van der Waals surface area contributed by atoms with Crippen LogP contribution in [0, 0.1) is 5.92 Å². The zero-order chi connectivity index (χ0) is 22.7. The van der Waals surface area contributed by atoms with E-state index in [1.165, 1.54) is 7.11 Å². The van der Waals surface area contributed by atoms with Crippen molar-refractivity contribution in [3.8, 4) is 5.75 Å². The number of rotatable bonds is 6. The molecule has 0 aliphatic carbocycles. The lowest BCUT2D eigenvalue weighted by Crippen LogP contribution is -2.42. The summed E-state index contributed by atoms with van der Waals surface area (Å²) >= 11 is 0. The number of benzene rings is 2. The molecule has 168 valence electrons. The fraction of sp³-hybridized carbons (Fsp3) is 0.375. The second-order valence-corrected chi connectivity index (χ2v) is 7.84. The van der Waals surface area contributed by atoms with Gasteiger partial charge in [-0.05, 0) is 25.0 Å². The molecule has 2 aromatic carbocycles. The van der Waals surface area contributed by atoms with Crippen molar-refractivity contribution < 1.29 is 28.3 Å². The van der Waals surface area contributed by atoms with Gasteiger partial charge in [0.25, 0.3) is 5.91 Å². The Hall–Kier alpha value is -3.55. The second-order valence-electron chi connectivity index (χ2n) is 7.84. The maximum Gasteiger partial charge on any atom is 0.311 e. The molecule has 0 radical (unpaired) electrons. The lowest BCUT2D eigenvalue weighted by atomic mass is 9.98. The van der Waals surface area contributed by atoms with Gasteiger partial charge in [-0.15, -0.1) is 0 Å². The van der Waals surface area contributed by atoms with E-state index in [9.17, 15) is 14.4 Å². The fourth-order valence-electron chi connectivity index (χ4n) is 4.08. The van der Waals surface area contributed by atoms with Crippen LogP contribution in [-0.4, -0.2) is 49.5 Å². The van der Waals surface area contributed by atoms with Crippen molar-refractivity contribution in [2.75, 3.05) is 32.1 Å². The molecule has 1 saturated heterocycles. The third-order valence-corrected chi connectivity index (χ3v) is 5.73. The van der Waals surface area contributed by atoms with Crippen molar-refractivity contribution in [1.29, 1.82) is 0 Å². The highest BCUT2D eigenvalue weighted by Crippen LogP contribution is 2.36. The highest BCUT2D eigenvalue weighted by atomic mass is 16.5. The molecule has 1 atom stereocenters. The van der Waals surface area contributed by atoms with Crippen molar-refractivity contribution in [1.82, 2.24) is 4.90 Å². The first-order valence-corrected chi connectivity index (χ1v) is 10.7. The van der Waals surface area contributed by atoms with E-state index in [1.807, 2.05) is 30.3 Å². The summed E-state index contributed by atoms with van der Waals surface area (Å²) in [5, 5.41) is 4.56. The van der Waals surface area contributed by atoms with Gasteiger partial charge in [0.1, 0.15) is 16.9 Å². The second kappa shape index (κ2) is 9.30. The highest BCUT2D eigenvalue weighted by molar-refractivity contribution is 6.07. The Morgan fingerprint density at radius 3 is 2.75 bits per heavy atom. The molecule has 2 amide bonds. The summed E-state index contributed by atoms with van der Waals surface area (Å²) in [5.41, 5.74) is 1.78. The highest BCUT2D eigenvalue weighted by Gasteiger charge is 2.29. The quantitative estimate of drug-likeness (QED) is 0.589. The summed E-state index contributed by atoms with van der Waals surface area (Å²) in [4.78, 5) is 38.5. The number of fused-ring (bicyclic) bond motifs is 3. The van der Waals surface area contributed by atoms with Gasteiger partial charge in [0.15, 0.2) is 6.61 Å². The van der Waals surface area contributed by atoms with E-state index >= 15 is 0 Å². The Kier molecular flexibility index (Phi) is 6.30. The number of hydrogen-bond acceptors (Lipinski definition) is 6. The molecule has 4 rings (SSSR count). The van der Waals surface area contributed by atoms with Crippen LogP contribution in [-0.2, 0) is 19.1 Å². The zero-order valence-corrected chi connectivity index (χ0v) is 18.2. The number of methoxy groups -OCH3 is 1. The van der Waals surface area contributed by atoms with E-state index in [-0.39, 0.29) is 5.91 Å². The first kappa shape index (κ1) is 21.7. The molecule has 0 bridgehead atoms. The minimum atomic E-state index is -0.482. The molecule has 1 N–H and O–H groups in total. The maximum atomic E-state index is 12.5. The van der Waals surface area contributed by atoms with Gasteiger partial charge in [0, 0.05) is 36.3 Å². The summed E-state index contributed by atoms with van der Waals surface area (Å²) in [6.07, 6.45) is 1.79. The summed E-state index contributed by atoms with van der Waals surface area (Å²) < 4.78 is 16.5. The van der Waals surface area contributed by atoms with E-state index in [4.69, 9.17) is 13.9 Å². The van der Waals surface area contributed by atoms with Gasteiger partial charge in [-0.1, -0.05) is 25.1 Å². The van der Waals surface area contributed by atoms with Crippen LogP contribution in [0.1, 0.15) is 26.2 Å². The minimum Gasteiger partial charge on any atom is -0.495 e. The van der Waals surface area contributed by atoms with Crippen LogP contribution in [0.3, 0.4) is 0 Å². The number of ether oxygens (including phenoxy) is 2. The number of para-hydroxylation sites is 1. The van der Waals surface area contributed by atoms with Crippen molar-refractivity contribution >= 4 is 45.4 Å². The van der Waals surface area contributed by atoms with Crippen LogP contribution in [0.4, 0.5) is 5.69 Å². The Balaban J connectivity index is 1.41. The predicted molar refractivity (Wildman–Crippen MR) is 119 cm³/mol. The Labute approximate surface area is 185 Å². The molecule has 1 aromatic heterocycles. The average molecular weight is 438 g/mol. The number of anilines is 1. The lowest BCUT2D eigenvalue weighted by molar-refractivity contribution is -0.154. The molecule has 1 unspecified atom stereocenters. The molecule has 8 nitrogen and oxygen atoms in total. The largest absolute Gasteiger partial charge is 0.495 e. The van der Waals surface area contributed by atoms with Gasteiger partial charge in [-0.2, -0.15) is 0 Å². The first-order valence-electron chi connectivity index (χ1n) is 10.7. The number of hydrogen-bond donors (Lipinski definition) is 1. The molecule has 1 fully saturated rings. The van der Waals surface area contributed by atoms with Crippen LogP contribution in [0.5, 0.6) is 5.75 Å². The standard InChI is InChI=1S/C24H26N2O6/c1-3-23(28)26-10-6-7-15(13-26)24(29)31-14-22(27)25-18-12-20-17(11-21(18)30-2)16-8-4-5-9-19(16)32-20/h4-5,8-9,11-12,15H,3,6-7,10,13-14H2,1-2H3,(H,25,27). The van der Waals surface area contributed by atoms with E-state index in [1.54, 1.807) is 17.9 Å². The number of carbonyl (C=O) groups excluding carboxylic acids is 3. The lowest BCUT2D eigenvalue weighted by Gasteiger charge is -2.31. The van der Waals surface area contributed by atoms with Gasteiger partial charge in [-0.25, -0.2) is 0 Å². The number of piperidine rings is 1. The predicted octanol–water partition coefficient (Wildman–Crippen LogP) is 3.72. The average Bonchev–Trinajstić information content (AvgIpc) is 3.18. The third kappa shape index (κ3) is 4.39. The van der Waals surface area contributed by atoms with Gasteiger partial charge in [-0.3, -0.25) is 14.4 Å². The Morgan fingerprint density at radius 1 is 1.16 bits per heavy atom. The molecule has 0 spiro atoms. The molecule has 1 aliphatic rings. The SMILES string of the molecule is CCC(=O)N1CCCC(C(=O)OCC(=O)Nc2cc3oc4ccccc4c3cc2OC)C1. The van der Waals surface area contributed by atoms with Crippen molar-refractivity contribution in [3.05, 3.63) is 36.4 Å². The summed E-state index contributed by atoms with van der Waals surface area (Å²) in [7, 11) is 1.52. The number of esters is 1. The molecule has 0 saturated carbocycles. The molecule has 3 aromatic rings. The van der Waals surface area contributed by atoms with E-state index in [2.05, 4.69) is 5.32 Å². The first-order chi connectivity index (χ1) is 15.5. The smallest absolute Gasteiger partial charge is 0.311 e. The third-order valence-electron chi connectivity index (χ3n) is 5.73. The molecule has 2 heterocycles. The topological polar surface area (TPSA) is 98.1 Å². The van der Waals surface area contributed by atoms with Crippen molar-refractivity contribution in [3.63, 3.8) is 0 Å².